The first-order chi connectivity index (χ1) is 12.4. The third-order valence-corrected chi connectivity index (χ3v) is 4.88. The van der Waals surface area contributed by atoms with Crippen LogP contribution in [0.5, 0.6) is 0 Å². The van der Waals surface area contributed by atoms with Gasteiger partial charge in [0, 0.05) is 18.4 Å². The van der Waals surface area contributed by atoms with Crippen LogP contribution in [0.25, 0.3) is 5.69 Å². The molecule has 1 aromatic heterocycles. The summed E-state index contributed by atoms with van der Waals surface area (Å²) in [5, 5.41) is 15.6. The Morgan fingerprint density at radius 1 is 0.960 bits per heavy atom. The van der Waals surface area contributed by atoms with Crippen LogP contribution in [0.4, 0.5) is 5.95 Å². The van der Waals surface area contributed by atoms with Crippen molar-refractivity contribution in [2.24, 2.45) is 0 Å². The Kier molecular flexibility index (Phi) is 4.70. The number of nitrogens with one attached hydrogen (secondary N) is 2. The number of hydrogen-bond acceptors (Lipinski definition) is 4. The average molecular weight is 335 g/mol. The topological polar surface area (TPSA) is 60.1 Å². The summed E-state index contributed by atoms with van der Waals surface area (Å²) >= 11 is 0. The van der Waals surface area contributed by atoms with E-state index < -0.39 is 0 Å². The van der Waals surface area contributed by atoms with Crippen molar-refractivity contribution in [2.75, 3.05) is 25.0 Å². The Morgan fingerprint density at radius 3 is 2.36 bits per heavy atom. The van der Waals surface area contributed by atoms with E-state index in [9.17, 15) is 0 Å². The molecule has 3 aromatic rings. The van der Waals surface area contributed by atoms with Crippen molar-refractivity contribution >= 4 is 5.95 Å². The number of likely N-dealkylation sites (tertiary alicyclic amines) is 1. The van der Waals surface area contributed by atoms with Crippen LogP contribution in [0, 0.1) is 0 Å². The summed E-state index contributed by atoms with van der Waals surface area (Å²) in [6, 6.07) is 21.1. The van der Waals surface area contributed by atoms with Gasteiger partial charge in [0.25, 0.3) is 0 Å². The fourth-order valence-corrected chi connectivity index (χ4v) is 3.59. The van der Waals surface area contributed by atoms with E-state index in [2.05, 4.69) is 51.2 Å². The van der Waals surface area contributed by atoms with Gasteiger partial charge in [-0.05, 0) is 22.6 Å². The molecule has 1 aliphatic rings. The Hall–Kier alpha value is -2.73. The number of rotatable bonds is 6. The second-order valence-electron chi connectivity index (χ2n) is 6.46. The largest absolute Gasteiger partial charge is 0.346 e. The van der Waals surface area contributed by atoms with Gasteiger partial charge < -0.3 is 10.2 Å². The monoisotopic (exact) mass is 335 g/mol. The number of tetrazole rings is 1. The van der Waals surface area contributed by atoms with E-state index in [0.29, 0.717) is 12.0 Å². The maximum Gasteiger partial charge on any atom is 0.247 e. The molecule has 128 valence electrons. The zero-order valence-electron chi connectivity index (χ0n) is 14.2. The molecule has 1 saturated heterocycles. The lowest BCUT2D eigenvalue weighted by Crippen LogP contribution is -3.11. The van der Waals surface area contributed by atoms with Gasteiger partial charge in [-0.3, -0.25) is 0 Å². The first-order valence-corrected chi connectivity index (χ1v) is 8.89. The summed E-state index contributed by atoms with van der Waals surface area (Å²) in [6.45, 7) is 3.27. The number of benzene rings is 2. The first kappa shape index (κ1) is 15.8. The lowest BCUT2D eigenvalue weighted by Gasteiger charge is -2.25. The van der Waals surface area contributed by atoms with Crippen molar-refractivity contribution in [3.8, 4) is 5.69 Å². The van der Waals surface area contributed by atoms with E-state index in [1.807, 2.05) is 30.3 Å². The summed E-state index contributed by atoms with van der Waals surface area (Å²) in [5.74, 6) is 0.686. The van der Waals surface area contributed by atoms with E-state index in [1.54, 1.807) is 9.58 Å². The Balaban J connectivity index is 1.53. The van der Waals surface area contributed by atoms with Crippen molar-refractivity contribution in [3.63, 3.8) is 0 Å². The summed E-state index contributed by atoms with van der Waals surface area (Å²) in [5.41, 5.74) is 2.32. The van der Waals surface area contributed by atoms with Crippen LogP contribution in [-0.2, 0) is 0 Å². The molecule has 1 atom stereocenters. The molecular weight excluding hydrogens is 312 g/mol. The van der Waals surface area contributed by atoms with Crippen LogP contribution < -0.4 is 10.2 Å². The summed E-state index contributed by atoms with van der Waals surface area (Å²) in [6.07, 6.45) is 2.61. The molecule has 0 radical (unpaired) electrons. The van der Waals surface area contributed by atoms with Crippen molar-refractivity contribution in [2.45, 2.75) is 18.9 Å². The average Bonchev–Trinajstić information content (AvgIpc) is 3.36. The molecule has 2 N–H and O–H groups in total. The minimum absolute atomic E-state index is 0.407. The minimum Gasteiger partial charge on any atom is -0.346 e. The van der Waals surface area contributed by atoms with Crippen molar-refractivity contribution in [1.82, 2.24) is 20.2 Å². The highest BCUT2D eigenvalue weighted by Crippen LogP contribution is 2.14. The number of nitrogens with zero attached hydrogens (tertiary/aromatic N) is 4. The van der Waals surface area contributed by atoms with Gasteiger partial charge in [0.2, 0.25) is 5.95 Å². The number of aromatic nitrogens is 4. The Bertz CT molecular complexity index is 780. The molecule has 0 saturated carbocycles. The van der Waals surface area contributed by atoms with Gasteiger partial charge >= 0.3 is 0 Å². The van der Waals surface area contributed by atoms with Gasteiger partial charge in [-0.2, -0.15) is 4.68 Å². The second kappa shape index (κ2) is 7.44. The van der Waals surface area contributed by atoms with Crippen LogP contribution in [0.15, 0.2) is 60.7 Å². The maximum absolute atomic E-state index is 4.17. The summed E-state index contributed by atoms with van der Waals surface area (Å²) in [4.78, 5) is 1.64. The number of para-hydroxylation sites is 1. The van der Waals surface area contributed by atoms with Crippen LogP contribution in [0.2, 0.25) is 0 Å². The molecule has 0 unspecified atom stereocenters. The molecule has 1 aliphatic heterocycles. The molecular formula is C19H23N6+. The van der Waals surface area contributed by atoms with Gasteiger partial charge in [-0.1, -0.05) is 53.6 Å². The van der Waals surface area contributed by atoms with Gasteiger partial charge in [-0.25, -0.2) is 0 Å². The normalized spacial score (nSPS) is 16.0. The van der Waals surface area contributed by atoms with Crippen molar-refractivity contribution in [1.29, 1.82) is 0 Å². The molecule has 0 spiro atoms. The van der Waals surface area contributed by atoms with E-state index in [1.165, 1.54) is 31.5 Å². The van der Waals surface area contributed by atoms with Gasteiger partial charge in [0.15, 0.2) is 0 Å². The Morgan fingerprint density at radius 2 is 1.64 bits per heavy atom. The van der Waals surface area contributed by atoms with Crippen molar-refractivity contribution in [3.05, 3.63) is 66.2 Å². The predicted molar refractivity (Wildman–Crippen MR) is 96.8 cm³/mol. The van der Waals surface area contributed by atoms with Crippen LogP contribution >= 0.6 is 0 Å². The van der Waals surface area contributed by atoms with Gasteiger partial charge in [-0.15, -0.1) is 0 Å². The number of anilines is 1. The standard InChI is InChI=1S/C19H22N6/c1-3-9-16(10-4-1)18(24-13-7-8-14-24)15-20-19-21-22-23-25(19)17-11-5-2-6-12-17/h1-6,9-12,18H,7-8,13-15H2,(H,20,21,23)/p+1/t18-/m0/s1. The van der Waals surface area contributed by atoms with E-state index in [-0.39, 0.29) is 0 Å². The highest BCUT2D eigenvalue weighted by atomic mass is 15.6. The minimum atomic E-state index is 0.407. The molecule has 0 bridgehead atoms. The van der Waals surface area contributed by atoms with Gasteiger partial charge in [0.1, 0.15) is 6.04 Å². The maximum atomic E-state index is 4.17. The van der Waals surface area contributed by atoms with E-state index in [4.69, 9.17) is 0 Å². The molecule has 0 aliphatic carbocycles. The first-order valence-electron chi connectivity index (χ1n) is 8.89. The Labute approximate surface area is 147 Å². The lowest BCUT2D eigenvalue weighted by molar-refractivity contribution is -0.917. The number of quaternary nitrogens is 1. The SMILES string of the molecule is c1ccc([C@H](CNc2nnnn2-c2ccccc2)[NH+]2CCCC2)cc1. The van der Waals surface area contributed by atoms with Crippen molar-refractivity contribution < 1.29 is 4.90 Å². The van der Waals surface area contributed by atoms with Crippen LogP contribution in [0.3, 0.4) is 0 Å². The fraction of sp³-hybridized carbons (Fsp3) is 0.316. The molecule has 4 rings (SSSR count). The quantitative estimate of drug-likeness (QED) is 0.717. The number of hydrogen-bond donors (Lipinski definition) is 2. The summed E-state index contributed by atoms with van der Waals surface area (Å²) in [7, 11) is 0. The second-order valence-corrected chi connectivity index (χ2v) is 6.46. The zero-order valence-corrected chi connectivity index (χ0v) is 14.2. The smallest absolute Gasteiger partial charge is 0.247 e. The third-order valence-electron chi connectivity index (χ3n) is 4.88. The fourth-order valence-electron chi connectivity index (χ4n) is 3.59. The molecule has 1 fully saturated rings. The summed E-state index contributed by atoms with van der Waals surface area (Å²) < 4.78 is 1.75. The zero-order chi connectivity index (χ0) is 16.9. The highest BCUT2D eigenvalue weighted by molar-refractivity contribution is 5.38. The highest BCUT2D eigenvalue weighted by Gasteiger charge is 2.27. The van der Waals surface area contributed by atoms with Gasteiger partial charge in [0.05, 0.1) is 25.3 Å². The lowest BCUT2D eigenvalue weighted by atomic mass is 10.1. The molecule has 2 heterocycles. The molecule has 6 heteroatoms. The molecule has 0 amide bonds. The molecule has 6 nitrogen and oxygen atoms in total. The molecule has 2 aromatic carbocycles. The van der Waals surface area contributed by atoms with E-state index >= 15 is 0 Å². The van der Waals surface area contributed by atoms with Crippen LogP contribution in [-0.4, -0.2) is 39.8 Å². The predicted octanol–water partition coefficient (Wildman–Crippen LogP) is 1.49. The van der Waals surface area contributed by atoms with Crippen LogP contribution in [0.1, 0.15) is 24.4 Å². The molecule has 25 heavy (non-hydrogen) atoms. The van der Waals surface area contributed by atoms with E-state index in [0.717, 1.165) is 12.2 Å². The third kappa shape index (κ3) is 3.53.